The van der Waals surface area contributed by atoms with E-state index in [0.717, 1.165) is 39.9 Å². The Morgan fingerprint density at radius 3 is 2.41 bits per heavy atom. The number of alkyl halides is 3. The Balaban J connectivity index is 0.000000493. The van der Waals surface area contributed by atoms with Crippen molar-refractivity contribution in [2.24, 2.45) is 0 Å². The molecule has 1 aromatic heterocycles. The minimum atomic E-state index is -5.08. The molecular weight excluding hydrogens is 587 g/mol. The van der Waals surface area contributed by atoms with Gasteiger partial charge in [-0.3, -0.25) is 9.89 Å². The number of aliphatic carboxylic acids is 1. The van der Waals surface area contributed by atoms with E-state index in [1.54, 1.807) is 38.3 Å². The number of hydrogen-bond acceptors (Lipinski definition) is 5. The molecule has 2 heterocycles. The minimum absolute atomic E-state index is 0.0187. The zero-order chi connectivity index (χ0) is 32.0. The number of nitrogens with one attached hydrogen (secondary N) is 2. The van der Waals surface area contributed by atoms with Gasteiger partial charge in [-0.05, 0) is 79.7 Å². The van der Waals surface area contributed by atoms with Crippen molar-refractivity contribution in [1.82, 2.24) is 15.1 Å². The molecule has 0 unspecified atom stereocenters. The van der Waals surface area contributed by atoms with E-state index in [1.807, 2.05) is 36.4 Å². The van der Waals surface area contributed by atoms with Gasteiger partial charge in [0.2, 0.25) is 5.91 Å². The second-order valence-corrected chi connectivity index (χ2v) is 10.8. The van der Waals surface area contributed by atoms with E-state index >= 15 is 0 Å². The highest BCUT2D eigenvalue weighted by Crippen LogP contribution is 2.65. The molecule has 3 N–H and O–H groups in total. The summed E-state index contributed by atoms with van der Waals surface area (Å²) in [4.78, 5) is 23.6. The maximum absolute atomic E-state index is 14.4. The molecule has 1 aliphatic heterocycles. The molecule has 6 rings (SSSR count). The lowest BCUT2D eigenvalue weighted by Gasteiger charge is -2.12. The summed E-state index contributed by atoms with van der Waals surface area (Å²) in [5.41, 5.74) is 4.27. The van der Waals surface area contributed by atoms with Gasteiger partial charge in [0.15, 0.2) is 0 Å². The topological polar surface area (TPSA) is 108 Å². The van der Waals surface area contributed by atoms with Crippen LogP contribution in [0.5, 0.6) is 5.75 Å². The standard InChI is InChI=1S/C29H26F2N4O2.C2HF3O2/c1-35(2)15-20-23(30)10-16(11-24(20)31)4-8-25-19-7-5-17(12-27(19)34-33-25)22-14-29(22)21-13-18(37-3)6-9-26(21)32-28(29)36;3-2(4,5)1(6)7/h4-13,22H,14-15H2,1-3H3,(H,32,36)(H,33,34);(H,6,7)/b8-4+;/t22-,29-;/m0./s1. The fourth-order valence-electron chi connectivity index (χ4n) is 5.46. The van der Waals surface area contributed by atoms with E-state index < -0.39 is 29.2 Å². The maximum atomic E-state index is 14.4. The number of halogens is 5. The number of H-pyrrole nitrogens is 1. The van der Waals surface area contributed by atoms with E-state index in [-0.39, 0.29) is 23.9 Å². The molecule has 2 atom stereocenters. The molecular formula is C31H27F5N4O4. The van der Waals surface area contributed by atoms with E-state index in [0.29, 0.717) is 11.3 Å². The van der Waals surface area contributed by atoms with Gasteiger partial charge in [-0.1, -0.05) is 18.2 Å². The SMILES string of the molecule is COc1ccc2c(c1)[C@]1(C[C@H]1c1ccc3c(/C=C/c4cc(F)c(CN(C)C)c(F)c4)n[nH]c3c1)C(=O)N2.O=C(O)C(F)(F)F. The van der Waals surface area contributed by atoms with Crippen LogP contribution >= 0.6 is 0 Å². The number of methoxy groups -OCH3 is 1. The number of ether oxygens (including phenoxy) is 1. The molecule has 1 spiro atoms. The summed E-state index contributed by atoms with van der Waals surface area (Å²) in [5, 5.41) is 18.5. The zero-order valence-electron chi connectivity index (χ0n) is 23.7. The summed E-state index contributed by atoms with van der Waals surface area (Å²) in [5.74, 6) is -3.10. The van der Waals surface area contributed by atoms with E-state index in [2.05, 4.69) is 15.5 Å². The van der Waals surface area contributed by atoms with Gasteiger partial charge in [-0.25, -0.2) is 13.6 Å². The Hall–Kier alpha value is -4.78. The summed E-state index contributed by atoms with van der Waals surface area (Å²) < 4.78 is 66.0. The minimum Gasteiger partial charge on any atom is -0.497 e. The second kappa shape index (κ2) is 11.4. The van der Waals surface area contributed by atoms with Crippen LogP contribution in [0.15, 0.2) is 48.5 Å². The largest absolute Gasteiger partial charge is 0.497 e. The monoisotopic (exact) mass is 614 g/mol. The highest BCUT2D eigenvalue weighted by Gasteiger charge is 2.65. The van der Waals surface area contributed by atoms with Crippen LogP contribution in [0.4, 0.5) is 27.6 Å². The maximum Gasteiger partial charge on any atom is 0.490 e. The summed E-state index contributed by atoms with van der Waals surface area (Å²) in [6, 6.07) is 14.4. The summed E-state index contributed by atoms with van der Waals surface area (Å²) >= 11 is 0. The Morgan fingerprint density at radius 1 is 1.11 bits per heavy atom. The average molecular weight is 615 g/mol. The van der Waals surface area contributed by atoms with Crippen LogP contribution in [0.2, 0.25) is 0 Å². The molecule has 0 saturated heterocycles. The van der Waals surface area contributed by atoms with Gasteiger partial charge in [0, 0.05) is 29.1 Å². The molecule has 13 heteroatoms. The smallest absolute Gasteiger partial charge is 0.490 e. The van der Waals surface area contributed by atoms with Gasteiger partial charge < -0.3 is 20.1 Å². The molecule has 0 bridgehead atoms. The van der Waals surface area contributed by atoms with Gasteiger partial charge in [-0.2, -0.15) is 18.3 Å². The Labute approximate surface area is 248 Å². The highest BCUT2D eigenvalue weighted by molar-refractivity contribution is 6.10. The van der Waals surface area contributed by atoms with Gasteiger partial charge >= 0.3 is 12.1 Å². The van der Waals surface area contributed by atoms with Crippen LogP contribution < -0.4 is 10.1 Å². The van der Waals surface area contributed by atoms with Gasteiger partial charge in [0.1, 0.15) is 17.4 Å². The zero-order valence-corrected chi connectivity index (χ0v) is 23.7. The Bertz CT molecular complexity index is 1780. The number of rotatable bonds is 6. The van der Waals surface area contributed by atoms with Crippen LogP contribution in [-0.4, -0.2) is 59.5 Å². The molecule has 8 nitrogen and oxygen atoms in total. The van der Waals surface area contributed by atoms with Crippen LogP contribution in [0.25, 0.3) is 23.1 Å². The number of anilines is 1. The number of carboxylic acids is 1. The third kappa shape index (κ3) is 5.74. The quantitative estimate of drug-likeness (QED) is 0.227. The van der Waals surface area contributed by atoms with Crippen molar-refractivity contribution < 1.29 is 41.4 Å². The van der Waals surface area contributed by atoms with E-state index in [4.69, 9.17) is 14.6 Å². The summed E-state index contributed by atoms with van der Waals surface area (Å²) in [6.45, 7) is 0.192. The molecule has 3 aromatic carbocycles. The normalized spacial score (nSPS) is 18.8. The number of aromatic nitrogens is 2. The molecule has 230 valence electrons. The Kier molecular flexibility index (Phi) is 7.93. The third-order valence-electron chi connectivity index (χ3n) is 7.65. The molecule has 44 heavy (non-hydrogen) atoms. The number of hydrogen-bond donors (Lipinski definition) is 3. The van der Waals surface area contributed by atoms with Crippen molar-refractivity contribution >= 4 is 40.6 Å². The second-order valence-electron chi connectivity index (χ2n) is 10.8. The summed E-state index contributed by atoms with van der Waals surface area (Å²) in [7, 11) is 5.15. The molecule has 1 fully saturated rings. The first kappa shape index (κ1) is 30.7. The van der Waals surface area contributed by atoms with Crippen LogP contribution in [0, 0.1) is 11.6 Å². The molecule has 2 aliphatic rings. The van der Waals surface area contributed by atoms with Crippen molar-refractivity contribution in [3.8, 4) is 5.75 Å². The predicted octanol–water partition coefficient (Wildman–Crippen LogP) is 6.09. The molecule has 1 aliphatic carbocycles. The lowest BCUT2D eigenvalue weighted by atomic mass is 9.91. The van der Waals surface area contributed by atoms with Gasteiger partial charge in [0.25, 0.3) is 0 Å². The predicted molar refractivity (Wildman–Crippen MR) is 153 cm³/mol. The van der Waals surface area contributed by atoms with Crippen LogP contribution in [0.1, 0.15) is 40.3 Å². The number of aromatic amines is 1. The molecule has 1 saturated carbocycles. The average Bonchev–Trinajstić information content (AvgIpc) is 3.50. The molecule has 0 radical (unpaired) electrons. The Morgan fingerprint density at radius 2 is 1.80 bits per heavy atom. The number of benzene rings is 3. The lowest BCUT2D eigenvalue weighted by molar-refractivity contribution is -0.192. The van der Waals surface area contributed by atoms with E-state index in [9.17, 15) is 26.7 Å². The fraction of sp³-hybridized carbons (Fsp3) is 0.258. The van der Waals surface area contributed by atoms with Crippen molar-refractivity contribution in [2.45, 2.75) is 30.5 Å². The van der Waals surface area contributed by atoms with Crippen molar-refractivity contribution in [2.75, 3.05) is 26.5 Å². The van der Waals surface area contributed by atoms with Crippen molar-refractivity contribution in [1.29, 1.82) is 0 Å². The fourth-order valence-corrected chi connectivity index (χ4v) is 5.46. The molecule has 1 amide bonds. The number of fused-ring (bicyclic) bond motifs is 3. The molecule has 4 aromatic rings. The summed E-state index contributed by atoms with van der Waals surface area (Å²) in [6.07, 6.45) is -0.964. The number of amides is 1. The lowest BCUT2D eigenvalue weighted by Crippen LogP contribution is -2.21. The van der Waals surface area contributed by atoms with Gasteiger partial charge in [0.05, 0.1) is 23.7 Å². The van der Waals surface area contributed by atoms with Crippen molar-refractivity contribution in [3.63, 3.8) is 0 Å². The van der Waals surface area contributed by atoms with Crippen LogP contribution in [0.3, 0.4) is 0 Å². The van der Waals surface area contributed by atoms with E-state index in [1.165, 1.54) is 12.1 Å². The number of carbonyl (C=O) groups excluding carboxylic acids is 1. The number of nitrogens with zero attached hydrogens (tertiary/aromatic N) is 2. The first-order valence-corrected chi connectivity index (χ1v) is 13.3. The van der Waals surface area contributed by atoms with Crippen LogP contribution in [-0.2, 0) is 21.5 Å². The third-order valence-corrected chi connectivity index (χ3v) is 7.65. The first-order chi connectivity index (χ1) is 20.7. The number of carboxylic acid groups (broad SMARTS) is 1. The first-order valence-electron chi connectivity index (χ1n) is 13.3. The highest BCUT2D eigenvalue weighted by atomic mass is 19.4. The van der Waals surface area contributed by atoms with Gasteiger partial charge in [-0.15, -0.1) is 0 Å². The van der Waals surface area contributed by atoms with Crippen molar-refractivity contribution in [3.05, 3.63) is 88.1 Å². The number of carbonyl (C=O) groups is 2.